The van der Waals surface area contributed by atoms with E-state index in [0.717, 1.165) is 19.3 Å². The van der Waals surface area contributed by atoms with E-state index in [4.69, 9.17) is 16.3 Å². The van der Waals surface area contributed by atoms with Gasteiger partial charge >= 0.3 is 0 Å². The lowest BCUT2D eigenvalue weighted by Gasteiger charge is -2.22. The Kier molecular flexibility index (Phi) is 8.39. The van der Waals surface area contributed by atoms with Gasteiger partial charge in [0.05, 0.1) is 41.1 Å². The van der Waals surface area contributed by atoms with Gasteiger partial charge in [0.25, 0.3) is 17.4 Å². The Hall–Kier alpha value is -4.52. The minimum Gasteiger partial charge on any atom is -0.477 e. The predicted molar refractivity (Wildman–Crippen MR) is 157 cm³/mol. The molecule has 2 bridgehead atoms. The van der Waals surface area contributed by atoms with Crippen molar-refractivity contribution in [1.82, 2.24) is 20.1 Å². The first-order valence-electron chi connectivity index (χ1n) is 13.5. The molecule has 42 heavy (non-hydrogen) atoms. The summed E-state index contributed by atoms with van der Waals surface area (Å²) in [5.74, 6) is -1.27. The zero-order valence-corrected chi connectivity index (χ0v) is 24.0. The molecule has 12 nitrogen and oxygen atoms in total. The fourth-order valence-corrected chi connectivity index (χ4v) is 4.86. The molecule has 3 amide bonds. The van der Waals surface area contributed by atoms with E-state index >= 15 is 0 Å². The van der Waals surface area contributed by atoms with E-state index in [1.54, 1.807) is 49.1 Å². The van der Waals surface area contributed by atoms with Gasteiger partial charge < -0.3 is 25.6 Å². The van der Waals surface area contributed by atoms with Gasteiger partial charge in [0.1, 0.15) is 6.04 Å². The molecule has 0 spiro atoms. The third-order valence-corrected chi connectivity index (χ3v) is 7.05. The number of fused-ring (bicyclic) bond motifs is 7. The maximum atomic E-state index is 13.5. The third-order valence-electron chi connectivity index (χ3n) is 6.85. The molecule has 14 heteroatoms. The van der Waals surface area contributed by atoms with E-state index in [9.17, 15) is 18.8 Å². The Bertz CT molecular complexity index is 1570. The fourth-order valence-electron chi connectivity index (χ4n) is 4.80. The average Bonchev–Trinajstić information content (AvgIpc) is 3.49. The molecule has 2 unspecified atom stereocenters. The standard InChI is InChI=1S/C28H30ClFN8O4/c1-15-12-17-13-21(32-15)18-14-31-37(3)27(18)42-11-6-4-5-10-38-22-19(34-24(39)16(2)33-26(41)23(29)30)8-7-9-20(22)35-28(38)36-25(17)40/h7-9,12-14,16,23H,4-6,10-11H2,1-3H3,(H,33,41)(H,34,39)(H,35,36,40). The van der Waals surface area contributed by atoms with Crippen LogP contribution in [0.2, 0.25) is 0 Å². The van der Waals surface area contributed by atoms with Gasteiger partial charge in [0.2, 0.25) is 17.7 Å². The van der Waals surface area contributed by atoms with Gasteiger partial charge in [-0.1, -0.05) is 17.7 Å². The molecule has 2 aliphatic heterocycles. The molecule has 3 aromatic rings. The van der Waals surface area contributed by atoms with Crippen molar-refractivity contribution in [3.8, 4) is 17.1 Å². The summed E-state index contributed by atoms with van der Waals surface area (Å²) in [5, 5.41) is 12.5. The minimum atomic E-state index is -2.27. The van der Waals surface area contributed by atoms with E-state index < -0.39 is 29.4 Å². The Balaban J connectivity index is 1.48. The number of aliphatic imine (C=N–C) groups is 1. The van der Waals surface area contributed by atoms with Gasteiger partial charge in [-0.2, -0.15) is 10.1 Å². The first kappa shape index (κ1) is 29.0. The first-order chi connectivity index (χ1) is 20.1. The number of aromatic nitrogens is 3. The summed E-state index contributed by atoms with van der Waals surface area (Å²) >= 11 is 5.18. The first-order valence-corrected chi connectivity index (χ1v) is 13.9. The van der Waals surface area contributed by atoms with Crippen LogP contribution in [0.15, 0.2) is 41.5 Å². The second-order valence-corrected chi connectivity index (χ2v) is 10.4. The lowest BCUT2D eigenvalue weighted by atomic mass is 10.1. The number of carbonyl (C=O) groups is 3. The highest BCUT2D eigenvalue weighted by Gasteiger charge is 2.30. The number of carbonyl (C=O) groups excluding carboxylic acids is 3. The Morgan fingerprint density at radius 1 is 1.19 bits per heavy atom. The van der Waals surface area contributed by atoms with Crippen molar-refractivity contribution in [2.24, 2.45) is 12.0 Å². The lowest BCUT2D eigenvalue weighted by molar-refractivity contribution is -0.127. The summed E-state index contributed by atoms with van der Waals surface area (Å²) in [4.78, 5) is 48.9. The highest BCUT2D eigenvalue weighted by atomic mass is 35.5. The molecule has 3 N–H and O–H groups in total. The van der Waals surface area contributed by atoms with Crippen molar-refractivity contribution in [3.63, 3.8) is 0 Å². The maximum Gasteiger partial charge on any atom is 0.280 e. The van der Waals surface area contributed by atoms with Gasteiger partial charge in [-0.25, -0.2) is 9.07 Å². The van der Waals surface area contributed by atoms with Crippen molar-refractivity contribution in [3.05, 3.63) is 47.8 Å². The summed E-state index contributed by atoms with van der Waals surface area (Å²) in [6, 6.07) is 7.52. The summed E-state index contributed by atoms with van der Waals surface area (Å²) < 4.78 is 20.8. The highest BCUT2D eigenvalue weighted by molar-refractivity contribution is 6.29. The summed E-state index contributed by atoms with van der Waals surface area (Å²) in [6.07, 6.45) is 3.97. The van der Waals surface area contributed by atoms with Crippen molar-refractivity contribution in [1.29, 1.82) is 0 Å². The molecule has 0 aliphatic carbocycles. The third kappa shape index (κ3) is 6.05. The average molecular weight is 597 g/mol. The van der Waals surface area contributed by atoms with E-state index in [1.165, 1.54) is 6.92 Å². The van der Waals surface area contributed by atoms with E-state index in [-0.39, 0.29) is 0 Å². The number of amides is 3. The molecule has 2 aliphatic rings. The molecule has 2 aromatic heterocycles. The molecule has 0 fully saturated rings. The van der Waals surface area contributed by atoms with Crippen molar-refractivity contribution < 1.29 is 23.5 Å². The minimum absolute atomic E-state index is 0.310. The fraction of sp³-hybridized carbons (Fsp3) is 0.357. The van der Waals surface area contributed by atoms with E-state index in [2.05, 4.69) is 31.0 Å². The number of para-hydroxylation sites is 1. The second-order valence-electron chi connectivity index (χ2n) is 10.0. The van der Waals surface area contributed by atoms with Crippen LogP contribution in [0.5, 0.6) is 5.88 Å². The number of halogens is 2. The molecule has 5 rings (SSSR count). The number of rotatable bonds is 4. The quantitative estimate of drug-likeness (QED) is 0.386. The number of hydrogen-bond acceptors (Lipinski definition) is 8. The van der Waals surface area contributed by atoms with Crippen LogP contribution in [0.4, 0.5) is 21.5 Å². The molecule has 220 valence electrons. The van der Waals surface area contributed by atoms with Crippen molar-refractivity contribution in [2.75, 3.05) is 28.7 Å². The number of aryl methyl sites for hydroxylation is 2. The molecule has 4 heterocycles. The summed E-state index contributed by atoms with van der Waals surface area (Å²) in [7, 11) is 1.79. The number of nitrogens with one attached hydrogen (secondary N) is 3. The molecular formula is C28H30ClFN8O4. The largest absolute Gasteiger partial charge is 0.477 e. The number of pyridine rings is 1. The van der Waals surface area contributed by atoms with Crippen molar-refractivity contribution >= 4 is 52.3 Å². The monoisotopic (exact) mass is 596 g/mol. The number of alkyl halides is 2. The number of benzene rings is 1. The van der Waals surface area contributed by atoms with Crippen LogP contribution < -0.4 is 25.6 Å². The Morgan fingerprint density at radius 2 is 2.00 bits per heavy atom. The van der Waals surface area contributed by atoms with Crippen LogP contribution in [0.3, 0.4) is 0 Å². The smallest absolute Gasteiger partial charge is 0.280 e. The van der Waals surface area contributed by atoms with Crippen LogP contribution in [-0.4, -0.2) is 63.3 Å². The number of ether oxygens (including phenoxy) is 1. The summed E-state index contributed by atoms with van der Waals surface area (Å²) in [6.45, 7) is 4.17. The zero-order valence-electron chi connectivity index (χ0n) is 23.3. The van der Waals surface area contributed by atoms with Crippen LogP contribution >= 0.6 is 11.6 Å². The van der Waals surface area contributed by atoms with Crippen molar-refractivity contribution in [2.45, 2.75) is 44.8 Å². The SMILES string of the molecule is Cc1cc2cc(n1)-c1cnn(C)c1OCCCCCN1/C(=N/C2=O)Nc2cccc(NC(=O)C(C)NC(=O)C(F)Cl)c21. The highest BCUT2D eigenvalue weighted by Crippen LogP contribution is 2.40. The lowest BCUT2D eigenvalue weighted by Crippen LogP contribution is -2.44. The number of anilines is 3. The summed E-state index contributed by atoms with van der Waals surface area (Å²) in [5.41, 5.74) is 1.63. The molecule has 0 radical (unpaired) electrons. The van der Waals surface area contributed by atoms with Gasteiger partial charge in [0.15, 0.2) is 0 Å². The Morgan fingerprint density at radius 3 is 2.79 bits per heavy atom. The molecule has 1 aromatic carbocycles. The van der Waals surface area contributed by atoms with Gasteiger partial charge in [-0.05, 0) is 57.4 Å². The second kappa shape index (κ2) is 12.1. The molecule has 2 atom stereocenters. The number of nitrogens with zero attached hydrogens (tertiary/aromatic N) is 5. The molecule has 0 saturated carbocycles. The molecular weight excluding hydrogens is 567 g/mol. The normalized spacial score (nSPS) is 17.5. The van der Waals surface area contributed by atoms with Crippen LogP contribution in [0, 0.1) is 6.92 Å². The Labute approximate surface area is 246 Å². The van der Waals surface area contributed by atoms with Gasteiger partial charge in [-0.15, -0.1) is 0 Å². The predicted octanol–water partition coefficient (Wildman–Crippen LogP) is 3.76. The zero-order chi connectivity index (χ0) is 30.0. The van der Waals surface area contributed by atoms with Crippen LogP contribution in [-0.2, 0) is 16.6 Å². The van der Waals surface area contributed by atoms with E-state index in [0.29, 0.717) is 64.6 Å². The van der Waals surface area contributed by atoms with Gasteiger partial charge in [-0.3, -0.25) is 19.4 Å². The van der Waals surface area contributed by atoms with Gasteiger partial charge in [0, 0.05) is 24.8 Å². The van der Waals surface area contributed by atoms with E-state index in [1.807, 2.05) is 11.0 Å². The molecule has 0 saturated heterocycles. The number of guanidine groups is 1. The number of hydrogen-bond donors (Lipinski definition) is 3. The maximum absolute atomic E-state index is 13.5. The topological polar surface area (TPSA) is 143 Å². The van der Waals surface area contributed by atoms with Crippen LogP contribution in [0.1, 0.15) is 42.2 Å². The van der Waals surface area contributed by atoms with Crippen LogP contribution in [0.25, 0.3) is 11.3 Å².